The van der Waals surface area contributed by atoms with Gasteiger partial charge in [-0.2, -0.15) is 9.66 Å². The Hall–Kier alpha value is -1.96. The van der Waals surface area contributed by atoms with Crippen molar-refractivity contribution in [2.45, 2.75) is 0 Å². The highest BCUT2D eigenvalue weighted by atomic mass is 16.1. The normalized spacial score (nSPS) is 14.7. The van der Waals surface area contributed by atoms with Crippen LogP contribution in [0.3, 0.4) is 0 Å². The molecule has 14 heavy (non-hydrogen) atoms. The zero-order valence-electron chi connectivity index (χ0n) is 7.64. The van der Waals surface area contributed by atoms with Crippen LogP contribution in [0.4, 0.5) is 17.5 Å². The second-order valence-corrected chi connectivity index (χ2v) is 3.13. The molecule has 0 saturated carbocycles. The van der Waals surface area contributed by atoms with E-state index in [-0.39, 0.29) is 11.6 Å². The number of hydrazine groups is 1. The van der Waals surface area contributed by atoms with Crippen molar-refractivity contribution < 1.29 is 0 Å². The minimum atomic E-state index is -0.445. The monoisotopic (exact) mass is 197 g/mol. The summed E-state index contributed by atoms with van der Waals surface area (Å²) in [5.41, 5.74) is 5.26. The summed E-state index contributed by atoms with van der Waals surface area (Å²) in [7, 11) is 1.76. The number of aromatic nitrogens is 2. The first kappa shape index (κ1) is 8.63. The van der Waals surface area contributed by atoms with E-state index in [1.165, 1.54) is 5.01 Å². The maximum Gasteiger partial charge on any atom is 0.300 e. The zero-order valence-corrected chi connectivity index (χ0v) is 7.64. The Kier molecular flexibility index (Phi) is 1.55. The van der Waals surface area contributed by atoms with Gasteiger partial charge in [0.15, 0.2) is 11.5 Å². The number of hydrogen-bond donors (Lipinski definition) is 3. The Morgan fingerprint density at radius 1 is 1.43 bits per heavy atom. The van der Waals surface area contributed by atoms with Crippen molar-refractivity contribution in [2.24, 2.45) is 5.84 Å². The lowest BCUT2D eigenvalue weighted by atomic mass is 10.4. The molecular formula is C6H11N7O. The first-order chi connectivity index (χ1) is 6.52. The van der Waals surface area contributed by atoms with Crippen LogP contribution in [0.15, 0.2) is 4.79 Å². The number of nitrogen functional groups attached to an aromatic ring is 2. The molecule has 2 heterocycles. The van der Waals surface area contributed by atoms with E-state index in [4.69, 9.17) is 17.4 Å². The van der Waals surface area contributed by atoms with Crippen molar-refractivity contribution in [1.82, 2.24) is 9.66 Å². The van der Waals surface area contributed by atoms with Crippen LogP contribution in [0.25, 0.3) is 0 Å². The third-order valence-corrected chi connectivity index (χ3v) is 2.11. The molecule has 0 aliphatic carbocycles. The van der Waals surface area contributed by atoms with Gasteiger partial charge in [0.2, 0.25) is 5.95 Å². The van der Waals surface area contributed by atoms with Gasteiger partial charge in [0.05, 0.1) is 0 Å². The average Bonchev–Trinajstić information content (AvgIpc) is 2.38. The standard InChI is InChI=1S/C6H11N7O/c1-11-2-12(8)3-4(11)10-6(7)13(9)5(3)14/h2,8-9H2,1H3,(H2,7,10). The van der Waals surface area contributed by atoms with Crippen LogP contribution in [0.1, 0.15) is 0 Å². The van der Waals surface area contributed by atoms with Crippen molar-refractivity contribution >= 4 is 17.5 Å². The highest BCUT2D eigenvalue weighted by Crippen LogP contribution is 2.27. The maximum atomic E-state index is 11.6. The van der Waals surface area contributed by atoms with Crippen LogP contribution in [0.2, 0.25) is 0 Å². The van der Waals surface area contributed by atoms with E-state index in [0.29, 0.717) is 12.5 Å². The number of fused-ring (bicyclic) bond motifs is 1. The summed E-state index contributed by atoms with van der Waals surface area (Å²) in [4.78, 5) is 17.3. The van der Waals surface area contributed by atoms with Gasteiger partial charge in [0.25, 0.3) is 0 Å². The molecule has 0 bridgehead atoms. The molecule has 1 aromatic heterocycles. The minimum absolute atomic E-state index is 0.0316. The fourth-order valence-electron chi connectivity index (χ4n) is 1.41. The molecule has 0 saturated heterocycles. The van der Waals surface area contributed by atoms with E-state index in [9.17, 15) is 4.79 Å². The van der Waals surface area contributed by atoms with Crippen LogP contribution >= 0.6 is 0 Å². The molecule has 8 nitrogen and oxygen atoms in total. The van der Waals surface area contributed by atoms with Crippen LogP contribution in [0.5, 0.6) is 0 Å². The molecule has 1 aliphatic heterocycles. The number of nitrogens with two attached hydrogens (primary N) is 3. The summed E-state index contributed by atoms with van der Waals surface area (Å²) >= 11 is 0. The van der Waals surface area contributed by atoms with E-state index in [1.807, 2.05) is 0 Å². The van der Waals surface area contributed by atoms with Crippen LogP contribution in [-0.2, 0) is 0 Å². The quantitative estimate of drug-likeness (QED) is 0.397. The smallest absolute Gasteiger partial charge is 0.300 e. The molecule has 0 unspecified atom stereocenters. The van der Waals surface area contributed by atoms with E-state index in [2.05, 4.69) is 4.98 Å². The van der Waals surface area contributed by atoms with Gasteiger partial charge >= 0.3 is 5.56 Å². The Balaban J connectivity index is 2.76. The summed E-state index contributed by atoms with van der Waals surface area (Å²) in [5.74, 6) is 11.4. The Bertz CT molecular complexity index is 439. The number of hydrogen-bond acceptors (Lipinski definition) is 7. The van der Waals surface area contributed by atoms with Crippen LogP contribution in [0, 0.1) is 0 Å². The van der Waals surface area contributed by atoms with Gasteiger partial charge < -0.3 is 16.5 Å². The number of anilines is 3. The van der Waals surface area contributed by atoms with Crippen LogP contribution in [-0.4, -0.2) is 23.4 Å². The number of rotatable bonds is 0. The fraction of sp³-hybridized carbons (Fsp3) is 0.333. The van der Waals surface area contributed by atoms with Crippen molar-refractivity contribution in [2.75, 3.05) is 35.2 Å². The molecular weight excluding hydrogens is 186 g/mol. The molecule has 0 amide bonds. The fourth-order valence-corrected chi connectivity index (χ4v) is 1.41. The molecule has 0 spiro atoms. The van der Waals surface area contributed by atoms with Gasteiger partial charge in [-0.15, -0.1) is 0 Å². The zero-order chi connectivity index (χ0) is 10.5. The second-order valence-electron chi connectivity index (χ2n) is 3.13. The lowest BCUT2D eigenvalue weighted by Crippen LogP contribution is -2.38. The van der Waals surface area contributed by atoms with Crippen molar-refractivity contribution in [3.8, 4) is 0 Å². The highest BCUT2D eigenvalue weighted by molar-refractivity contribution is 5.71. The summed E-state index contributed by atoms with van der Waals surface area (Å²) in [6.45, 7) is 0.390. The lowest BCUT2D eigenvalue weighted by molar-refractivity contribution is 0.852. The van der Waals surface area contributed by atoms with Crippen molar-refractivity contribution in [3.63, 3.8) is 0 Å². The molecule has 0 fully saturated rings. The molecule has 2 rings (SSSR count). The van der Waals surface area contributed by atoms with E-state index < -0.39 is 5.56 Å². The molecule has 0 radical (unpaired) electrons. The molecule has 6 N–H and O–H groups in total. The van der Waals surface area contributed by atoms with Gasteiger partial charge in [-0.3, -0.25) is 9.80 Å². The first-order valence-electron chi connectivity index (χ1n) is 3.93. The van der Waals surface area contributed by atoms with E-state index >= 15 is 0 Å². The van der Waals surface area contributed by atoms with Gasteiger partial charge in [-0.1, -0.05) is 0 Å². The third-order valence-electron chi connectivity index (χ3n) is 2.11. The third kappa shape index (κ3) is 0.909. The predicted octanol–water partition coefficient (Wildman–Crippen LogP) is -2.37. The van der Waals surface area contributed by atoms with Crippen molar-refractivity contribution in [1.29, 1.82) is 0 Å². The van der Waals surface area contributed by atoms with E-state index in [0.717, 1.165) is 4.68 Å². The Labute approximate surface area is 79.4 Å². The van der Waals surface area contributed by atoms with Gasteiger partial charge in [-0.25, -0.2) is 5.84 Å². The highest BCUT2D eigenvalue weighted by Gasteiger charge is 2.27. The Morgan fingerprint density at radius 2 is 2.07 bits per heavy atom. The summed E-state index contributed by atoms with van der Waals surface area (Å²) in [6, 6.07) is 0. The summed E-state index contributed by atoms with van der Waals surface area (Å²) < 4.78 is 0.776. The van der Waals surface area contributed by atoms with Gasteiger partial charge in [0, 0.05) is 7.05 Å². The average molecular weight is 197 g/mol. The van der Waals surface area contributed by atoms with Crippen molar-refractivity contribution in [3.05, 3.63) is 10.4 Å². The van der Waals surface area contributed by atoms with E-state index in [1.54, 1.807) is 11.9 Å². The molecule has 0 atom stereocenters. The van der Waals surface area contributed by atoms with Gasteiger partial charge in [-0.05, 0) is 0 Å². The minimum Gasteiger partial charge on any atom is -0.368 e. The SMILES string of the molecule is CN1CN(N)c2c1nc(N)n(N)c2=O. The Morgan fingerprint density at radius 3 is 2.71 bits per heavy atom. The summed E-state index contributed by atoms with van der Waals surface area (Å²) in [5, 5.41) is 1.29. The molecule has 8 heteroatoms. The maximum absolute atomic E-state index is 11.6. The lowest BCUT2D eigenvalue weighted by Gasteiger charge is -2.10. The largest absolute Gasteiger partial charge is 0.368 e. The first-order valence-corrected chi connectivity index (χ1v) is 3.93. The molecule has 1 aromatic rings. The predicted molar refractivity (Wildman–Crippen MR) is 53.0 cm³/mol. The van der Waals surface area contributed by atoms with Crippen LogP contribution < -0.4 is 32.9 Å². The number of nitrogens with zero attached hydrogens (tertiary/aromatic N) is 4. The summed E-state index contributed by atoms with van der Waals surface area (Å²) in [6.07, 6.45) is 0. The molecule has 1 aliphatic rings. The molecule has 76 valence electrons. The topological polar surface area (TPSA) is 119 Å². The second kappa shape index (κ2) is 2.51. The molecule has 0 aromatic carbocycles. The van der Waals surface area contributed by atoms with Gasteiger partial charge in [0.1, 0.15) is 6.67 Å².